The molecule has 1 aliphatic heterocycles. The van der Waals surface area contributed by atoms with Crippen molar-refractivity contribution in [3.8, 4) is 0 Å². The van der Waals surface area contributed by atoms with Crippen LogP contribution >= 0.6 is 11.8 Å². The topological polar surface area (TPSA) is 61.7 Å². The van der Waals surface area contributed by atoms with Gasteiger partial charge in [0.15, 0.2) is 5.17 Å². The molecule has 0 bridgehead atoms. The molecule has 1 aliphatic rings. The van der Waals surface area contributed by atoms with Gasteiger partial charge in [-0.25, -0.2) is 4.79 Å². The highest BCUT2D eigenvalue weighted by Gasteiger charge is 2.12. The van der Waals surface area contributed by atoms with E-state index in [2.05, 4.69) is 10.3 Å². The molecule has 0 aromatic rings. The highest BCUT2D eigenvalue weighted by atomic mass is 32.2. The number of thioether (sulfide) groups is 1. The molecular weight excluding hydrogens is 164 g/mol. The molecule has 0 aromatic heterocycles. The largest absolute Gasteiger partial charge is 0.465 e. The van der Waals surface area contributed by atoms with Crippen molar-refractivity contribution < 1.29 is 9.90 Å². The highest BCUT2D eigenvalue weighted by Crippen LogP contribution is 2.15. The molecule has 0 fully saturated rings. The van der Waals surface area contributed by atoms with Gasteiger partial charge in [0.2, 0.25) is 0 Å². The Morgan fingerprint density at radius 2 is 2.64 bits per heavy atom. The van der Waals surface area contributed by atoms with Crippen LogP contribution in [0.2, 0.25) is 0 Å². The normalized spacial score (nSPS) is 24.1. The van der Waals surface area contributed by atoms with Crippen LogP contribution in [0, 0.1) is 0 Å². The lowest BCUT2D eigenvalue weighted by atomic mass is 10.3. The summed E-state index contributed by atoms with van der Waals surface area (Å²) >= 11 is 1.45. The highest BCUT2D eigenvalue weighted by molar-refractivity contribution is 8.13. The molecule has 0 saturated heterocycles. The molecule has 1 amide bonds. The zero-order valence-electron chi connectivity index (χ0n) is 6.20. The summed E-state index contributed by atoms with van der Waals surface area (Å²) in [5, 5.41) is 11.1. The van der Waals surface area contributed by atoms with Crippen LogP contribution in [-0.4, -0.2) is 28.2 Å². The number of aliphatic imine (C=N–C) groups is 1. The second-order valence-electron chi connectivity index (χ2n) is 2.35. The van der Waals surface area contributed by atoms with Gasteiger partial charge in [-0.2, -0.15) is 0 Å². The van der Waals surface area contributed by atoms with E-state index in [4.69, 9.17) is 5.11 Å². The molecule has 5 heteroatoms. The van der Waals surface area contributed by atoms with Crippen LogP contribution in [0.1, 0.15) is 13.3 Å². The monoisotopic (exact) mass is 174 g/mol. The van der Waals surface area contributed by atoms with E-state index < -0.39 is 6.09 Å². The zero-order chi connectivity index (χ0) is 8.27. The van der Waals surface area contributed by atoms with Gasteiger partial charge in [0.1, 0.15) is 0 Å². The van der Waals surface area contributed by atoms with Crippen molar-refractivity contribution in [2.75, 3.05) is 5.75 Å². The third-order valence-corrected chi connectivity index (χ3v) is 2.25. The summed E-state index contributed by atoms with van der Waals surface area (Å²) in [6.07, 6.45) is -0.0134. The van der Waals surface area contributed by atoms with Crippen LogP contribution in [0.5, 0.6) is 0 Å². The smallest absolute Gasteiger partial charge is 0.410 e. The quantitative estimate of drug-likeness (QED) is 0.578. The maximum atomic E-state index is 10.2. The first-order chi connectivity index (χ1) is 5.18. The summed E-state index contributed by atoms with van der Waals surface area (Å²) in [5.41, 5.74) is 0. The number of rotatable bonds is 0. The van der Waals surface area contributed by atoms with Crippen molar-refractivity contribution in [2.45, 2.75) is 19.4 Å². The van der Waals surface area contributed by atoms with E-state index in [0.29, 0.717) is 5.17 Å². The molecular formula is C6H10N2O2S. The molecule has 0 spiro atoms. The van der Waals surface area contributed by atoms with Crippen molar-refractivity contribution >= 4 is 23.0 Å². The first kappa shape index (κ1) is 8.39. The summed E-state index contributed by atoms with van der Waals surface area (Å²) in [6, 6.07) is 0.248. The van der Waals surface area contributed by atoms with E-state index in [-0.39, 0.29) is 6.04 Å². The van der Waals surface area contributed by atoms with Crippen molar-refractivity contribution in [3.63, 3.8) is 0 Å². The van der Waals surface area contributed by atoms with Crippen LogP contribution in [-0.2, 0) is 0 Å². The lowest BCUT2D eigenvalue weighted by Gasteiger charge is -2.15. The Bertz CT molecular complexity index is 193. The number of carboxylic acid groups (broad SMARTS) is 1. The van der Waals surface area contributed by atoms with Gasteiger partial charge in [-0.3, -0.25) is 10.3 Å². The van der Waals surface area contributed by atoms with Crippen LogP contribution < -0.4 is 5.32 Å². The SMILES string of the molecule is CC1CCSC(NC(=O)O)=N1. The number of amides is 1. The first-order valence-electron chi connectivity index (χ1n) is 3.39. The Morgan fingerprint density at radius 1 is 1.91 bits per heavy atom. The summed E-state index contributed by atoms with van der Waals surface area (Å²) in [5.74, 6) is 0.945. The van der Waals surface area contributed by atoms with Crippen molar-refractivity contribution in [1.29, 1.82) is 0 Å². The first-order valence-corrected chi connectivity index (χ1v) is 4.37. The fourth-order valence-electron chi connectivity index (χ4n) is 0.788. The second-order valence-corrected chi connectivity index (χ2v) is 3.43. The van der Waals surface area contributed by atoms with E-state index in [1.54, 1.807) is 0 Å². The van der Waals surface area contributed by atoms with Gasteiger partial charge < -0.3 is 5.11 Å². The van der Waals surface area contributed by atoms with E-state index in [9.17, 15) is 4.79 Å². The Labute approximate surface area is 69.1 Å². The van der Waals surface area contributed by atoms with E-state index in [1.165, 1.54) is 11.8 Å². The molecule has 2 N–H and O–H groups in total. The average molecular weight is 174 g/mol. The average Bonchev–Trinajstić information content (AvgIpc) is 1.85. The minimum atomic E-state index is -1.04. The lowest BCUT2D eigenvalue weighted by Crippen LogP contribution is -2.30. The maximum absolute atomic E-state index is 10.2. The van der Waals surface area contributed by atoms with Crippen molar-refractivity contribution in [3.05, 3.63) is 0 Å². The lowest BCUT2D eigenvalue weighted by molar-refractivity contribution is 0.200. The van der Waals surface area contributed by atoms with Crippen molar-refractivity contribution in [1.82, 2.24) is 5.32 Å². The van der Waals surface area contributed by atoms with Gasteiger partial charge in [-0.15, -0.1) is 0 Å². The Hall–Kier alpha value is -0.710. The van der Waals surface area contributed by atoms with Gasteiger partial charge in [-0.05, 0) is 13.3 Å². The fourth-order valence-corrected chi connectivity index (χ4v) is 1.85. The number of hydrogen-bond acceptors (Lipinski definition) is 3. The molecule has 0 aromatic carbocycles. The Morgan fingerprint density at radius 3 is 3.18 bits per heavy atom. The van der Waals surface area contributed by atoms with E-state index >= 15 is 0 Å². The van der Waals surface area contributed by atoms with Gasteiger partial charge in [0, 0.05) is 5.75 Å². The number of carbonyl (C=O) groups is 1. The van der Waals surface area contributed by atoms with Gasteiger partial charge >= 0.3 is 6.09 Å². The summed E-state index contributed by atoms with van der Waals surface area (Å²) in [4.78, 5) is 14.3. The minimum absolute atomic E-state index is 0.248. The van der Waals surface area contributed by atoms with E-state index in [0.717, 1.165) is 12.2 Å². The van der Waals surface area contributed by atoms with Crippen molar-refractivity contribution in [2.24, 2.45) is 4.99 Å². The van der Waals surface area contributed by atoms with Gasteiger partial charge in [0.05, 0.1) is 6.04 Å². The molecule has 4 nitrogen and oxygen atoms in total. The molecule has 0 aliphatic carbocycles. The predicted octanol–water partition coefficient (Wildman–Crippen LogP) is 1.14. The standard InChI is InChI=1S/C6H10N2O2S/c1-4-2-3-11-5(7-4)8-6(9)10/h4H,2-3H2,1H3,(H,7,8)(H,9,10). The number of hydrogen-bond donors (Lipinski definition) is 2. The second kappa shape index (κ2) is 3.61. The third-order valence-electron chi connectivity index (χ3n) is 1.33. The molecule has 1 rings (SSSR count). The molecule has 0 saturated carbocycles. The summed E-state index contributed by atoms with van der Waals surface area (Å²) < 4.78 is 0. The molecule has 1 unspecified atom stereocenters. The van der Waals surface area contributed by atoms with Crippen LogP contribution in [0.3, 0.4) is 0 Å². The summed E-state index contributed by atoms with van der Waals surface area (Å²) in [7, 11) is 0. The molecule has 62 valence electrons. The minimum Gasteiger partial charge on any atom is -0.465 e. The molecule has 11 heavy (non-hydrogen) atoms. The molecule has 0 radical (unpaired) electrons. The van der Waals surface area contributed by atoms with E-state index in [1.807, 2.05) is 6.92 Å². The van der Waals surface area contributed by atoms with Crippen LogP contribution in [0.15, 0.2) is 4.99 Å². The fraction of sp³-hybridized carbons (Fsp3) is 0.667. The van der Waals surface area contributed by atoms with Gasteiger partial charge in [-0.1, -0.05) is 11.8 Å². The maximum Gasteiger partial charge on any atom is 0.410 e. The predicted molar refractivity (Wildman–Crippen MR) is 45.1 cm³/mol. The summed E-state index contributed by atoms with van der Waals surface area (Å²) in [6.45, 7) is 1.98. The third kappa shape index (κ3) is 2.80. The zero-order valence-corrected chi connectivity index (χ0v) is 7.02. The molecule has 1 atom stereocenters. The van der Waals surface area contributed by atoms with Crippen LogP contribution in [0.25, 0.3) is 0 Å². The van der Waals surface area contributed by atoms with Crippen LogP contribution in [0.4, 0.5) is 4.79 Å². The number of nitrogens with one attached hydrogen (secondary N) is 1. The number of amidine groups is 1. The number of nitrogens with zero attached hydrogens (tertiary/aromatic N) is 1. The molecule has 1 heterocycles. The Kier molecular flexibility index (Phi) is 2.76. The van der Waals surface area contributed by atoms with Gasteiger partial charge in [0.25, 0.3) is 0 Å². The Balaban J connectivity index is 2.49.